The molecule has 5 nitrogen and oxygen atoms in total. The average molecular weight is 331 g/mol. The second-order valence-corrected chi connectivity index (χ2v) is 5.27. The van der Waals surface area contributed by atoms with E-state index < -0.39 is 0 Å². The summed E-state index contributed by atoms with van der Waals surface area (Å²) in [6, 6.07) is 13.0. The van der Waals surface area contributed by atoms with Crippen molar-refractivity contribution in [2.45, 2.75) is 6.54 Å². The molecule has 23 heavy (non-hydrogen) atoms. The van der Waals surface area contributed by atoms with Crippen molar-refractivity contribution < 1.29 is 9.18 Å². The fraction of sp³-hybridized carbons (Fsp3) is 0.0625. The number of halogens is 2. The van der Waals surface area contributed by atoms with Gasteiger partial charge in [-0.2, -0.15) is 0 Å². The molecule has 0 unspecified atom stereocenters. The molecule has 7 heteroatoms. The van der Waals surface area contributed by atoms with Crippen molar-refractivity contribution >= 4 is 17.5 Å². The van der Waals surface area contributed by atoms with Crippen LogP contribution < -0.4 is 5.32 Å². The number of carbonyl (C=O) groups excluding carboxylic acids is 1. The Hall–Kier alpha value is -2.73. The maximum atomic E-state index is 12.8. The first-order valence-corrected chi connectivity index (χ1v) is 7.20. The molecule has 0 saturated carbocycles. The number of nitrogens with zero attached hydrogens (tertiary/aromatic N) is 3. The highest BCUT2D eigenvalue weighted by Crippen LogP contribution is 2.14. The molecule has 0 radical (unpaired) electrons. The zero-order valence-electron chi connectivity index (χ0n) is 11.9. The Morgan fingerprint density at radius 2 is 2.00 bits per heavy atom. The van der Waals surface area contributed by atoms with Gasteiger partial charge in [-0.1, -0.05) is 35.0 Å². The van der Waals surface area contributed by atoms with Gasteiger partial charge < -0.3 is 5.32 Å². The highest BCUT2D eigenvalue weighted by Gasteiger charge is 2.11. The molecule has 0 aliphatic rings. The van der Waals surface area contributed by atoms with Crippen LogP contribution >= 0.6 is 11.6 Å². The molecule has 0 bridgehead atoms. The number of amides is 1. The monoisotopic (exact) mass is 330 g/mol. The van der Waals surface area contributed by atoms with Gasteiger partial charge in [0, 0.05) is 11.6 Å². The smallest absolute Gasteiger partial charge is 0.273 e. The van der Waals surface area contributed by atoms with Gasteiger partial charge in [0.2, 0.25) is 0 Å². The summed E-state index contributed by atoms with van der Waals surface area (Å²) >= 11 is 5.93. The van der Waals surface area contributed by atoms with E-state index in [1.807, 2.05) is 0 Å². The second kappa shape index (κ2) is 6.58. The van der Waals surface area contributed by atoms with Gasteiger partial charge in [-0.25, -0.2) is 9.07 Å². The van der Waals surface area contributed by atoms with Crippen LogP contribution in [0.2, 0.25) is 5.02 Å². The summed E-state index contributed by atoms with van der Waals surface area (Å²) in [6.07, 6.45) is 1.52. The lowest BCUT2D eigenvalue weighted by Gasteiger charge is -2.03. The third kappa shape index (κ3) is 3.73. The molecular formula is C16H12ClFN4O. The topological polar surface area (TPSA) is 59.8 Å². The SMILES string of the molecule is O=C(NCc1ccc(F)cc1)c1cn(-c2cccc(Cl)c2)nn1. The summed E-state index contributed by atoms with van der Waals surface area (Å²) in [5, 5.41) is 11.0. The summed E-state index contributed by atoms with van der Waals surface area (Å²) in [5.41, 5.74) is 1.69. The van der Waals surface area contributed by atoms with Crippen LogP contribution in [0.15, 0.2) is 54.7 Å². The number of hydrogen-bond acceptors (Lipinski definition) is 3. The Labute approximate surface area is 136 Å². The lowest BCUT2D eigenvalue weighted by molar-refractivity contribution is 0.0946. The van der Waals surface area contributed by atoms with E-state index in [1.165, 1.54) is 23.0 Å². The maximum Gasteiger partial charge on any atom is 0.273 e. The normalized spacial score (nSPS) is 10.5. The van der Waals surface area contributed by atoms with Crippen LogP contribution in [0.1, 0.15) is 16.1 Å². The second-order valence-electron chi connectivity index (χ2n) is 4.84. The molecule has 2 aromatic carbocycles. The van der Waals surface area contributed by atoms with E-state index in [-0.39, 0.29) is 24.0 Å². The molecule has 3 rings (SSSR count). The van der Waals surface area contributed by atoms with Gasteiger partial charge in [-0.15, -0.1) is 5.10 Å². The summed E-state index contributed by atoms with van der Waals surface area (Å²) in [6.45, 7) is 0.281. The Kier molecular flexibility index (Phi) is 4.34. The third-order valence-corrected chi connectivity index (χ3v) is 3.40. The summed E-state index contributed by atoms with van der Waals surface area (Å²) in [7, 11) is 0. The molecule has 0 aliphatic carbocycles. The van der Waals surface area contributed by atoms with Crippen molar-refractivity contribution in [1.82, 2.24) is 20.3 Å². The molecule has 0 saturated heterocycles. The number of rotatable bonds is 4. The zero-order chi connectivity index (χ0) is 16.2. The van der Waals surface area contributed by atoms with Crippen LogP contribution in [-0.2, 0) is 6.54 Å². The number of nitrogens with one attached hydrogen (secondary N) is 1. The molecule has 1 amide bonds. The quantitative estimate of drug-likeness (QED) is 0.800. The summed E-state index contributed by atoms with van der Waals surface area (Å²) in [5.74, 6) is -0.674. The van der Waals surface area contributed by atoms with Crippen LogP contribution in [0.5, 0.6) is 0 Å². The molecule has 0 spiro atoms. The van der Waals surface area contributed by atoms with Crippen molar-refractivity contribution in [3.05, 3.63) is 76.8 Å². The van der Waals surface area contributed by atoms with Crippen molar-refractivity contribution in [1.29, 1.82) is 0 Å². The molecule has 0 aliphatic heterocycles. The van der Waals surface area contributed by atoms with E-state index in [1.54, 1.807) is 36.4 Å². The third-order valence-electron chi connectivity index (χ3n) is 3.17. The van der Waals surface area contributed by atoms with Gasteiger partial charge in [0.05, 0.1) is 11.9 Å². The fourth-order valence-electron chi connectivity index (χ4n) is 1.99. The fourth-order valence-corrected chi connectivity index (χ4v) is 2.17. The Bertz CT molecular complexity index is 832. The van der Waals surface area contributed by atoms with Gasteiger partial charge in [0.1, 0.15) is 5.82 Å². The lowest BCUT2D eigenvalue weighted by atomic mass is 10.2. The Morgan fingerprint density at radius 1 is 1.22 bits per heavy atom. The first-order valence-electron chi connectivity index (χ1n) is 6.83. The Balaban J connectivity index is 1.67. The minimum absolute atomic E-state index is 0.187. The standard InChI is InChI=1S/C16H12ClFN4O/c17-12-2-1-3-14(8-12)22-10-15(20-21-22)16(23)19-9-11-4-6-13(18)7-5-11/h1-8,10H,9H2,(H,19,23). The predicted molar refractivity (Wildman–Crippen MR) is 83.9 cm³/mol. The van der Waals surface area contributed by atoms with E-state index in [2.05, 4.69) is 15.6 Å². The van der Waals surface area contributed by atoms with E-state index in [0.29, 0.717) is 10.7 Å². The average Bonchev–Trinajstić information content (AvgIpc) is 3.04. The van der Waals surface area contributed by atoms with Gasteiger partial charge in [-0.05, 0) is 35.9 Å². The predicted octanol–water partition coefficient (Wildman–Crippen LogP) is 2.99. The van der Waals surface area contributed by atoms with Crippen LogP contribution in [0.4, 0.5) is 4.39 Å². The number of aromatic nitrogens is 3. The van der Waals surface area contributed by atoms with Gasteiger partial charge >= 0.3 is 0 Å². The summed E-state index contributed by atoms with van der Waals surface area (Å²) in [4.78, 5) is 12.1. The van der Waals surface area contributed by atoms with Crippen molar-refractivity contribution in [3.8, 4) is 5.69 Å². The molecule has 1 heterocycles. The number of carbonyl (C=O) groups is 1. The van der Waals surface area contributed by atoms with Crippen LogP contribution in [0.3, 0.4) is 0 Å². The molecule has 116 valence electrons. The minimum Gasteiger partial charge on any atom is -0.347 e. The Morgan fingerprint density at radius 3 is 2.74 bits per heavy atom. The van der Waals surface area contributed by atoms with Gasteiger partial charge in [0.25, 0.3) is 5.91 Å². The van der Waals surface area contributed by atoms with E-state index >= 15 is 0 Å². The van der Waals surface area contributed by atoms with E-state index in [9.17, 15) is 9.18 Å². The molecule has 1 N–H and O–H groups in total. The summed E-state index contributed by atoms with van der Waals surface area (Å²) < 4.78 is 14.3. The molecular weight excluding hydrogens is 319 g/mol. The van der Waals surface area contributed by atoms with Gasteiger partial charge in [0.15, 0.2) is 5.69 Å². The lowest BCUT2D eigenvalue weighted by Crippen LogP contribution is -2.23. The molecule has 0 fully saturated rings. The first-order chi connectivity index (χ1) is 11.1. The van der Waals surface area contributed by atoms with Crippen molar-refractivity contribution in [3.63, 3.8) is 0 Å². The van der Waals surface area contributed by atoms with Crippen LogP contribution in [0, 0.1) is 5.82 Å². The first kappa shape index (κ1) is 15.2. The minimum atomic E-state index is -0.359. The molecule has 3 aromatic rings. The van der Waals surface area contributed by atoms with Gasteiger partial charge in [-0.3, -0.25) is 4.79 Å². The number of benzene rings is 2. The van der Waals surface area contributed by atoms with E-state index in [0.717, 1.165) is 5.56 Å². The highest BCUT2D eigenvalue weighted by atomic mass is 35.5. The van der Waals surface area contributed by atoms with Crippen LogP contribution in [0.25, 0.3) is 5.69 Å². The molecule has 1 aromatic heterocycles. The largest absolute Gasteiger partial charge is 0.347 e. The highest BCUT2D eigenvalue weighted by molar-refractivity contribution is 6.30. The van der Waals surface area contributed by atoms with Crippen molar-refractivity contribution in [2.24, 2.45) is 0 Å². The number of hydrogen-bond donors (Lipinski definition) is 1. The van der Waals surface area contributed by atoms with E-state index in [4.69, 9.17) is 11.6 Å². The van der Waals surface area contributed by atoms with Crippen molar-refractivity contribution in [2.75, 3.05) is 0 Å². The zero-order valence-corrected chi connectivity index (χ0v) is 12.7. The molecule has 0 atom stereocenters. The maximum absolute atomic E-state index is 12.8. The van der Waals surface area contributed by atoms with Crippen LogP contribution in [-0.4, -0.2) is 20.9 Å².